The Balaban J connectivity index is 3.09. The molecule has 0 aliphatic rings. The van der Waals surface area contributed by atoms with Gasteiger partial charge in [-0.3, -0.25) is 0 Å². The Morgan fingerprint density at radius 1 is 1.53 bits per heavy atom. The van der Waals surface area contributed by atoms with Crippen molar-refractivity contribution in [2.75, 3.05) is 13.7 Å². The van der Waals surface area contributed by atoms with E-state index in [9.17, 15) is 0 Å². The molecule has 0 heterocycles. The third-order valence-electron chi connectivity index (χ3n) is 2.33. The number of aliphatic hydroxyl groups is 1. The van der Waals surface area contributed by atoms with Crippen molar-refractivity contribution in [1.29, 1.82) is 0 Å². The Hall–Kier alpha value is -0.770. The average Bonchev–Trinajstić information content (AvgIpc) is 2.22. The van der Waals surface area contributed by atoms with Crippen LogP contribution in [0.2, 0.25) is 5.02 Å². The van der Waals surface area contributed by atoms with E-state index in [4.69, 9.17) is 27.2 Å². The molecule has 0 aliphatic heterocycles. The number of hydrogen-bond donors (Lipinski definition) is 2. The molecule has 1 aromatic rings. The Morgan fingerprint density at radius 3 is 2.73 bits per heavy atom. The van der Waals surface area contributed by atoms with Crippen molar-refractivity contribution in [3.63, 3.8) is 0 Å². The lowest BCUT2D eigenvalue weighted by molar-refractivity contribution is 0.276. The van der Waals surface area contributed by atoms with Gasteiger partial charge in [-0.05, 0) is 36.6 Å². The van der Waals surface area contributed by atoms with Crippen LogP contribution in [0, 0.1) is 6.92 Å². The van der Waals surface area contributed by atoms with Crippen LogP contribution in [0.5, 0.6) is 5.75 Å². The lowest BCUT2D eigenvalue weighted by atomic mass is 10.0. The molecule has 1 unspecified atom stereocenters. The molecule has 0 fully saturated rings. The Bertz CT molecular complexity index is 342. The number of rotatable bonds is 4. The fraction of sp³-hybridized carbons (Fsp3) is 0.455. The summed E-state index contributed by atoms with van der Waals surface area (Å²) in [5, 5.41) is 9.48. The molecular formula is C11H16ClNO2. The minimum absolute atomic E-state index is 0.0494. The lowest BCUT2D eigenvalue weighted by Gasteiger charge is -2.15. The van der Waals surface area contributed by atoms with Gasteiger partial charge in [-0.15, -0.1) is 0 Å². The van der Waals surface area contributed by atoms with E-state index in [1.807, 2.05) is 19.1 Å². The number of halogens is 1. The summed E-state index contributed by atoms with van der Waals surface area (Å²) >= 11 is 6.14. The summed E-state index contributed by atoms with van der Waals surface area (Å²) in [6.45, 7) is 1.95. The number of methoxy groups -OCH3 is 1. The zero-order chi connectivity index (χ0) is 11.4. The summed E-state index contributed by atoms with van der Waals surface area (Å²) < 4.78 is 5.14. The highest BCUT2D eigenvalue weighted by atomic mass is 35.5. The van der Waals surface area contributed by atoms with Crippen LogP contribution in [0.25, 0.3) is 0 Å². The highest BCUT2D eigenvalue weighted by Gasteiger charge is 2.13. The maximum atomic E-state index is 8.83. The van der Waals surface area contributed by atoms with Gasteiger partial charge in [0.05, 0.1) is 7.11 Å². The molecule has 3 N–H and O–H groups in total. The van der Waals surface area contributed by atoms with Crippen LogP contribution in [-0.2, 0) is 0 Å². The van der Waals surface area contributed by atoms with Gasteiger partial charge in [0.1, 0.15) is 5.75 Å². The smallest absolute Gasteiger partial charge is 0.119 e. The molecule has 0 amide bonds. The van der Waals surface area contributed by atoms with Gasteiger partial charge < -0.3 is 15.6 Å². The molecule has 1 aromatic carbocycles. The largest absolute Gasteiger partial charge is 0.497 e. The number of ether oxygens (including phenoxy) is 1. The zero-order valence-corrected chi connectivity index (χ0v) is 9.71. The Morgan fingerprint density at radius 2 is 2.20 bits per heavy atom. The van der Waals surface area contributed by atoms with Gasteiger partial charge in [-0.2, -0.15) is 0 Å². The van der Waals surface area contributed by atoms with E-state index in [2.05, 4.69) is 0 Å². The highest BCUT2D eigenvalue weighted by molar-refractivity contribution is 6.32. The van der Waals surface area contributed by atoms with Crippen molar-refractivity contribution in [1.82, 2.24) is 0 Å². The second-order valence-electron chi connectivity index (χ2n) is 3.47. The van der Waals surface area contributed by atoms with Crippen LogP contribution in [0.3, 0.4) is 0 Å². The summed E-state index contributed by atoms with van der Waals surface area (Å²) in [5.41, 5.74) is 7.65. The Kier molecular flexibility index (Phi) is 4.39. The fourth-order valence-electron chi connectivity index (χ4n) is 1.44. The molecule has 1 atom stereocenters. The first kappa shape index (κ1) is 12.3. The van der Waals surface area contributed by atoms with Crippen LogP contribution in [-0.4, -0.2) is 18.8 Å². The molecule has 3 nitrogen and oxygen atoms in total. The predicted octanol–water partition coefficient (Wildman–Crippen LogP) is 2.04. The summed E-state index contributed by atoms with van der Waals surface area (Å²) in [5.74, 6) is 0.736. The van der Waals surface area contributed by atoms with Crippen LogP contribution in [0.15, 0.2) is 12.1 Å². The monoisotopic (exact) mass is 229 g/mol. The standard InChI is InChI=1S/C11H16ClNO2/c1-7-5-8(15-2)6-9(11(7)12)10(13)3-4-14/h5-6,10,14H,3-4,13H2,1-2H3. The normalized spacial score (nSPS) is 12.6. The van der Waals surface area contributed by atoms with Crippen molar-refractivity contribution >= 4 is 11.6 Å². The molecule has 0 radical (unpaired) electrons. The minimum Gasteiger partial charge on any atom is -0.497 e. The summed E-state index contributed by atoms with van der Waals surface area (Å²) in [6, 6.07) is 3.42. The molecule has 0 saturated heterocycles. The van der Waals surface area contributed by atoms with Gasteiger partial charge >= 0.3 is 0 Å². The fourth-order valence-corrected chi connectivity index (χ4v) is 1.69. The number of nitrogens with two attached hydrogens (primary N) is 1. The molecular weight excluding hydrogens is 214 g/mol. The number of benzene rings is 1. The van der Waals surface area contributed by atoms with Gasteiger partial charge in [0.15, 0.2) is 0 Å². The predicted molar refractivity (Wildman–Crippen MR) is 61.4 cm³/mol. The van der Waals surface area contributed by atoms with Gasteiger partial charge in [-0.25, -0.2) is 0 Å². The quantitative estimate of drug-likeness (QED) is 0.831. The zero-order valence-electron chi connectivity index (χ0n) is 8.96. The van der Waals surface area contributed by atoms with Crippen molar-refractivity contribution in [3.05, 3.63) is 28.3 Å². The van der Waals surface area contributed by atoms with Gasteiger partial charge in [0.2, 0.25) is 0 Å². The minimum atomic E-state index is -0.253. The van der Waals surface area contributed by atoms with E-state index in [1.165, 1.54) is 0 Å². The van der Waals surface area contributed by atoms with Crippen LogP contribution < -0.4 is 10.5 Å². The second-order valence-corrected chi connectivity index (χ2v) is 3.84. The van der Waals surface area contributed by atoms with E-state index in [1.54, 1.807) is 7.11 Å². The first-order valence-corrected chi connectivity index (χ1v) is 5.18. The van der Waals surface area contributed by atoms with Crippen molar-refractivity contribution in [3.8, 4) is 5.75 Å². The topological polar surface area (TPSA) is 55.5 Å². The first-order valence-electron chi connectivity index (χ1n) is 4.80. The van der Waals surface area contributed by atoms with Crippen molar-refractivity contribution < 1.29 is 9.84 Å². The van der Waals surface area contributed by atoms with E-state index < -0.39 is 0 Å². The third kappa shape index (κ3) is 2.84. The van der Waals surface area contributed by atoms with Crippen molar-refractivity contribution in [2.24, 2.45) is 5.73 Å². The van der Waals surface area contributed by atoms with E-state index in [0.29, 0.717) is 11.4 Å². The Labute approximate surface area is 94.8 Å². The van der Waals surface area contributed by atoms with Crippen molar-refractivity contribution in [2.45, 2.75) is 19.4 Å². The highest BCUT2D eigenvalue weighted by Crippen LogP contribution is 2.31. The van der Waals surface area contributed by atoms with E-state index in [-0.39, 0.29) is 12.6 Å². The molecule has 15 heavy (non-hydrogen) atoms. The first-order chi connectivity index (χ1) is 7.10. The summed E-state index contributed by atoms with van der Waals surface area (Å²) in [6.07, 6.45) is 0.492. The van der Waals surface area contributed by atoms with Gasteiger partial charge in [0, 0.05) is 17.7 Å². The third-order valence-corrected chi connectivity index (χ3v) is 2.85. The SMILES string of the molecule is COc1cc(C)c(Cl)c(C(N)CCO)c1. The number of aliphatic hydroxyl groups excluding tert-OH is 1. The van der Waals surface area contributed by atoms with Gasteiger partial charge in [0.25, 0.3) is 0 Å². The maximum Gasteiger partial charge on any atom is 0.119 e. The number of hydrogen-bond acceptors (Lipinski definition) is 3. The molecule has 84 valence electrons. The summed E-state index contributed by atoms with van der Waals surface area (Å²) in [7, 11) is 1.60. The summed E-state index contributed by atoms with van der Waals surface area (Å²) in [4.78, 5) is 0. The maximum absolute atomic E-state index is 8.83. The lowest BCUT2D eigenvalue weighted by Crippen LogP contribution is -2.13. The number of aryl methyl sites for hydroxylation is 1. The van der Waals surface area contributed by atoms with E-state index in [0.717, 1.165) is 16.9 Å². The molecule has 0 aromatic heterocycles. The van der Waals surface area contributed by atoms with Crippen LogP contribution >= 0.6 is 11.6 Å². The molecule has 0 spiro atoms. The molecule has 0 bridgehead atoms. The molecule has 4 heteroatoms. The average molecular weight is 230 g/mol. The van der Waals surface area contributed by atoms with Crippen LogP contribution in [0.1, 0.15) is 23.6 Å². The second kappa shape index (κ2) is 5.35. The molecule has 0 saturated carbocycles. The molecule has 0 aliphatic carbocycles. The van der Waals surface area contributed by atoms with Crippen LogP contribution in [0.4, 0.5) is 0 Å². The van der Waals surface area contributed by atoms with Gasteiger partial charge in [-0.1, -0.05) is 11.6 Å². The van der Waals surface area contributed by atoms with E-state index >= 15 is 0 Å². The molecule has 1 rings (SSSR count).